The summed E-state index contributed by atoms with van der Waals surface area (Å²) in [6.07, 6.45) is 0. The van der Waals surface area contributed by atoms with Crippen LogP contribution in [-0.2, 0) is 0 Å². The molecular formula is C10H10N2OS. The number of rotatable bonds is 1. The quantitative estimate of drug-likeness (QED) is 0.714. The van der Waals surface area contributed by atoms with Gasteiger partial charge in [0.05, 0.1) is 5.69 Å². The van der Waals surface area contributed by atoms with Crippen molar-refractivity contribution in [3.63, 3.8) is 0 Å². The van der Waals surface area contributed by atoms with Gasteiger partial charge in [0.2, 0.25) is 0 Å². The Bertz CT molecular complexity index is 513. The van der Waals surface area contributed by atoms with Crippen LogP contribution in [0, 0.1) is 13.8 Å². The molecule has 2 heterocycles. The van der Waals surface area contributed by atoms with Gasteiger partial charge in [0.1, 0.15) is 5.00 Å². The van der Waals surface area contributed by atoms with E-state index in [0.717, 1.165) is 10.7 Å². The molecule has 2 aromatic rings. The molecule has 0 atom stereocenters. The molecule has 0 saturated carbocycles. The van der Waals surface area contributed by atoms with E-state index in [9.17, 15) is 4.79 Å². The molecule has 0 fully saturated rings. The van der Waals surface area contributed by atoms with E-state index in [1.54, 1.807) is 17.4 Å². The summed E-state index contributed by atoms with van der Waals surface area (Å²) in [5.41, 5.74) is 0.758. The van der Waals surface area contributed by atoms with E-state index in [2.05, 4.69) is 5.10 Å². The van der Waals surface area contributed by atoms with Crippen LogP contribution >= 0.6 is 11.3 Å². The van der Waals surface area contributed by atoms with Gasteiger partial charge in [0, 0.05) is 10.9 Å². The second-order valence-electron chi connectivity index (χ2n) is 3.11. The third-order valence-corrected chi connectivity index (χ3v) is 2.84. The highest BCUT2D eigenvalue weighted by Gasteiger charge is 2.02. The number of hydrogen-bond donors (Lipinski definition) is 0. The van der Waals surface area contributed by atoms with Gasteiger partial charge in [-0.1, -0.05) is 0 Å². The summed E-state index contributed by atoms with van der Waals surface area (Å²) < 4.78 is 1.44. The van der Waals surface area contributed by atoms with Crippen molar-refractivity contribution >= 4 is 11.3 Å². The predicted octanol–water partition coefficient (Wildman–Crippen LogP) is 1.91. The SMILES string of the molecule is Cc1ccc(=O)n(-c2ccc(C)s2)n1. The Hall–Kier alpha value is -1.42. The Morgan fingerprint density at radius 3 is 2.64 bits per heavy atom. The lowest BCUT2D eigenvalue weighted by Gasteiger charge is -2.00. The number of aryl methyl sites for hydroxylation is 2. The molecule has 0 amide bonds. The fraction of sp³-hybridized carbons (Fsp3) is 0.200. The zero-order chi connectivity index (χ0) is 10.1. The smallest absolute Gasteiger partial charge is 0.267 e. The first kappa shape index (κ1) is 9.15. The van der Waals surface area contributed by atoms with Crippen molar-refractivity contribution in [2.75, 3.05) is 0 Å². The number of nitrogens with zero attached hydrogens (tertiary/aromatic N) is 2. The van der Waals surface area contributed by atoms with Gasteiger partial charge in [-0.15, -0.1) is 11.3 Å². The normalized spacial score (nSPS) is 10.4. The average Bonchev–Trinajstić information content (AvgIpc) is 2.56. The maximum atomic E-state index is 11.5. The third kappa shape index (κ3) is 1.61. The van der Waals surface area contributed by atoms with E-state index in [-0.39, 0.29) is 5.56 Å². The van der Waals surface area contributed by atoms with Crippen molar-refractivity contribution in [1.82, 2.24) is 9.78 Å². The van der Waals surface area contributed by atoms with Crippen LogP contribution in [0.4, 0.5) is 0 Å². The zero-order valence-electron chi connectivity index (χ0n) is 8.02. The van der Waals surface area contributed by atoms with Gasteiger partial charge < -0.3 is 0 Å². The minimum Gasteiger partial charge on any atom is -0.267 e. The van der Waals surface area contributed by atoms with Gasteiger partial charge in [-0.3, -0.25) is 4.79 Å². The van der Waals surface area contributed by atoms with Gasteiger partial charge in [0.25, 0.3) is 5.56 Å². The second-order valence-corrected chi connectivity index (χ2v) is 4.38. The summed E-state index contributed by atoms with van der Waals surface area (Å²) in [6.45, 7) is 3.88. The maximum Gasteiger partial charge on any atom is 0.272 e. The molecule has 0 N–H and O–H groups in total. The van der Waals surface area contributed by atoms with E-state index in [1.807, 2.05) is 26.0 Å². The van der Waals surface area contributed by atoms with Crippen molar-refractivity contribution < 1.29 is 0 Å². The fourth-order valence-electron chi connectivity index (χ4n) is 1.20. The molecule has 4 heteroatoms. The monoisotopic (exact) mass is 206 g/mol. The van der Waals surface area contributed by atoms with Crippen molar-refractivity contribution in [3.8, 4) is 5.00 Å². The molecule has 0 bridgehead atoms. The van der Waals surface area contributed by atoms with Crippen LogP contribution in [0.15, 0.2) is 29.1 Å². The Balaban J connectivity index is 2.61. The van der Waals surface area contributed by atoms with Gasteiger partial charge >= 0.3 is 0 Å². The van der Waals surface area contributed by atoms with Crippen molar-refractivity contribution in [2.45, 2.75) is 13.8 Å². The first-order chi connectivity index (χ1) is 6.66. The zero-order valence-corrected chi connectivity index (χ0v) is 8.84. The molecule has 2 rings (SSSR count). The molecule has 0 unspecified atom stereocenters. The van der Waals surface area contributed by atoms with E-state index < -0.39 is 0 Å². The van der Waals surface area contributed by atoms with Crippen LogP contribution in [-0.4, -0.2) is 9.78 Å². The largest absolute Gasteiger partial charge is 0.272 e. The van der Waals surface area contributed by atoms with Crippen LogP contribution in [0.25, 0.3) is 5.00 Å². The second kappa shape index (κ2) is 3.38. The van der Waals surface area contributed by atoms with Crippen molar-refractivity contribution in [2.24, 2.45) is 0 Å². The maximum absolute atomic E-state index is 11.5. The van der Waals surface area contributed by atoms with E-state index in [1.165, 1.54) is 15.6 Å². The van der Waals surface area contributed by atoms with E-state index in [4.69, 9.17) is 0 Å². The van der Waals surface area contributed by atoms with Crippen molar-refractivity contribution in [1.29, 1.82) is 0 Å². The van der Waals surface area contributed by atoms with E-state index >= 15 is 0 Å². The molecular weight excluding hydrogens is 196 g/mol. The van der Waals surface area contributed by atoms with Gasteiger partial charge in [-0.05, 0) is 32.0 Å². The van der Waals surface area contributed by atoms with Crippen molar-refractivity contribution in [3.05, 3.63) is 45.2 Å². The highest BCUT2D eigenvalue weighted by Crippen LogP contribution is 2.17. The standard InChI is InChI=1S/C10H10N2OS/c1-7-3-5-9(13)12(11-7)10-6-4-8(2)14-10/h3-6H,1-2H3. The average molecular weight is 206 g/mol. The summed E-state index contributed by atoms with van der Waals surface area (Å²) in [5.74, 6) is 0. The molecule has 3 nitrogen and oxygen atoms in total. The molecule has 72 valence electrons. The number of thiophene rings is 1. The topological polar surface area (TPSA) is 34.9 Å². The highest BCUT2D eigenvalue weighted by molar-refractivity contribution is 7.14. The molecule has 14 heavy (non-hydrogen) atoms. The van der Waals surface area contributed by atoms with Crippen LogP contribution in [0.1, 0.15) is 10.6 Å². The lowest BCUT2D eigenvalue weighted by atomic mass is 10.4. The Kier molecular flexibility index (Phi) is 2.21. The van der Waals surface area contributed by atoms with Crippen LogP contribution in [0.5, 0.6) is 0 Å². The van der Waals surface area contributed by atoms with E-state index in [0.29, 0.717) is 0 Å². The Labute approximate surface area is 85.6 Å². The molecule has 0 radical (unpaired) electrons. The van der Waals surface area contributed by atoms with Crippen LogP contribution in [0.2, 0.25) is 0 Å². The van der Waals surface area contributed by atoms with Crippen LogP contribution < -0.4 is 5.56 Å². The molecule has 0 aromatic carbocycles. The lowest BCUT2D eigenvalue weighted by Crippen LogP contribution is -2.19. The molecule has 0 aliphatic heterocycles. The first-order valence-corrected chi connectivity index (χ1v) is 5.12. The van der Waals surface area contributed by atoms with Gasteiger partial charge in [-0.25, -0.2) is 0 Å². The summed E-state index contributed by atoms with van der Waals surface area (Å²) in [4.78, 5) is 12.7. The molecule has 0 saturated heterocycles. The predicted molar refractivity (Wildman–Crippen MR) is 57.2 cm³/mol. The third-order valence-electron chi connectivity index (χ3n) is 1.87. The Morgan fingerprint density at radius 2 is 2.00 bits per heavy atom. The minimum absolute atomic E-state index is 0.0857. The molecule has 2 aromatic heterocycles. The van der Waals surface area contributed by atoms with Gasteiger partial charge in [0.15, 0.2) is 0 Å². The summed E-state index contributed by atoms with van der Waals surface area (Å²) in [5, 5.41) is 5.04. The fourth-order valence-corrected chi connectivity index (χ4v) is 2.02. The first-order valence-electron chi connectivity index (χ1n) is 4.30. The van der Waals surface area contributed by atoms with Gasteiger partial charge in [-0.2, -0.15) is 9.78 Å². The summed E-state index contributed by atoms with van der Waals surface area (Å²) in [6, 6.07) is 7.15. The molecule has 0 aliphatic rings. The summed E-state index contributed by atoms with van der Waals surface area (Å²) >= 11 is 1.56. The minimum atomic E-state index is -0.0857. The molecule has 0 spiro atoms. The number of hydrogen-bond acceptors (Lipinski definition) is 3. The lowest BCUT2D eigenvalue weighted by molar-refractivity contribution is 0.797. The highest BCUT2D eigenvalue weighted by atomic mass is 32.1. The number of aromatic nitrogens is 2. The molecule has 0 aliphatic carbocycles. The van der Waals surface area contributed by atoms with Crippen LogP contribution in [0.3, 0.4) is 0 Å². The Morgan fingerprint density at radius 1 is 1.21 bits per heavy atom. The summed E-state index contributed by atoms with van der Waals surface area (Å²) in [7, 11) is 0.